The third-order valence-electron chi connectivity index (χ3n) is 2.59. The van der Waals surface area contributed by atoms with Crippen LogP contribution in [-0.2, 0) is 4.79 Å². The van der Waals surface area contributed by atoms with Crippen LogP contribution in [0.2, 0.25) is 0 Å². The van der Waals surface area contributed by atoms with Gasteiger partial charge in [-0.2, -0.15) is 0 Å². The lowest BCUT2D eigenvalue weighted by molar-refractivity contribution is -0.131. The van der Waals surface area contributed by atoms with Gasteiger partial charge in [-0.3, -0.25) is 4.98 Å². The molecule has 2 aromatic rings. The van der Waals surface area contributed by atoms with Gasteiger partial charge in [0.1, 0.15) is 0 Å². The number of carboxylic acid groups (broad SMARTS) is 1. The number of nitrogens with zero attached hydrogens (tertiary/aromatic N) is 1. The first-order valence-corrected chi connectivity index (χ1v) is 5.35. The van der Waals surface area contributed by atoms with Crippen molar-refractivity contribution in [3.05, 3.63) is 47.2 Å². The van der Waals surface area contributed by atoms with E-state index in [0.29, 0.717) is 0 Å². The van der Waals surface area contributed by atoms with Crippen molar-refractivity contribution in [1.29, 1.82) is 0 Å². The highest BCUT2D eigenvalue weighted by atomic mass is 16.4. The number of pyridine rings is 1. The Morgan fingerprint density at radius 3 is 2.76 bits per heavy atom. The minimum Gasteiger partial charge on any atom is -0.478 e. The molecule has 0 amide bonds. The van der Waals surface area contributed by atoms with E-state index < -0.39 is 5.97 Å². The predicted octanol–water partition coefficient (Wildman–Crippen LogP) is 2.95. The minimum absolute atomic E-state index is 0.845. The summed E-state index contributed by atoms with van der Waals surface area (Å²) in [7, 11) is 0. The monoisotopic (exact) mass is 227 g/mol. The zero-order valence-electron chi connectivity index (χ0n) is 9.77. The molecule has 2 rings (SSSR count). The van der Waals surface area contributed by atoms with Gasteiger partial charge in [-0.05, 0) is 43.2 Å². The molecule has 17 heavy (non-hydrogen) atoms. The third kappa shape index (κ3) is 2.50. The molecule has 3 nitrogen and oxygen atoms in total. The average molecular weight is 227 g/mol. The first kappa shape index (κ1) is 11.3. The van der Waals surface area contributed by atoms with Crippen LogP contribution >= 0.6 is 0 Å². The second-order valence-electron chi connectivity index (χ2n) is 4.03. The van der Waals surface area contributed by atoms with Gasteiger partial charge < -0.3 is 5.11 Å². The number of aliphatic carboxylic acids is 1. The number of fused-ring (bicyclic) bond motifs is 1. The van der Waals surface area contributed by atoms with Crippen LogP contribution in [-0.4, -0.2) is 16.1 Å². The maximum absolute atomic E-state index is 10.4. The van der Waals surface area contributed by atoms with Crippen LogP contribution in [0.3, 0.4) is 0 Å². The van der Waals surface area contributed by atoms with Crippen LogP contribution in [0.15, 0.2) is 30.3 Å². The van der Waals surface area contributed by atoms with E-state index in [1.807, 2.05) is 38.1 Å². The van der Waals surface area contributed by atoms with E-state index in [1.54, 1.807) is 6.08 Å². The first-order valence-electron chi connectivity index (χ1n) is 5.35. The van der Waals surface area contributed by atoms with Crippen molar-refractivity contribution < 1.29 is 9.90 Å². The summed E-state index contributed by atoms with van der Waals surface area (Å²) in [5.74, 6) is -0.946. The average Bonchev–Trinajstić information content (AvgIpc) is 2.25. The number of aromatic nitrogens is 1. The van der Waals surface area contributed by atoms with Gasteiger partial charge in [0.2, 0.25) is 0 Å². The van der Waals surface area contributed by atoms with E-state index in [9.17, 15) is 4.79 Å². The van der Waals surface area contributed by atoms with Gasteiger partial charge in [-0.15, -0.1) is 0 Å². The largest absolute Gasteiger partial charge is 0.478 e. The van der Waals surface area contributed by atoms with Crippen molar-refractivity contribution in [2.45, 2.75) is 13.8 Å². The molecular formula is C14H13NO2. The smallest absolute Gasteiger partial charge is 0.328 e. The van der Waals surface area contributed by atoms with Gasteiger partial charge in [0, 0.05) is 17.2 Å². The lowest BCUT2D eigenvalue weighted by Gasteiger charge is -2.04. The highest BCUT2D eigenvalue weighted by molar-refractivity contribution is 5.88. The summed E-state index contributed by atoms with van der Waals surface area (Å²) < 4.78 is 0. The van der Waals surface area contributed by atoms with Crippen LogP contribution in [0.1, 0.15) is 16.8 Å². The molecule has 0 aliphatic carbocycles. The summed E-state index contributed by atoms with van der Waals surface area (Å²) >= 11 is 0. The molecule has 0 unspecified atom stereocenters. The lowest BCUT2D eigenvalue weighted by atomic mass is 10.1. The van der Waals surface area contributed by atoms with E-state index in [0.717, 1.165) is 28.2 Å². The van der Waals surface area contributed by atoms with Crippen LogP contribution < -0.4 is 0 Å². The van der Waals surface area contributed by atoms with Crippen LogP contribution in [0, 0.1) is 13.8 Å². The van der Waals surface area contributed by atoms with Crippen LogP contribution in [0.4, 0.5) is 0 Å². The first-order chi connectivity index (χ1) is 8.06. The molecule has 0 saturated heterocycles. The quantitative estimate of drug-likeness (QED) is 0.802. The number of hydrogen-bond donors (Lipinski definition) is 1. The molecule has 1 N–H and O–H groups in total. The Balaban J connectivity index is 2.54. The van der Waals surface area contributed by atoms with E-state index in [2.05, 4.69) is 4.98 Å². The third-order valence-corrected chi connectivity index (χ3v) is 2.59. The fourth-order valence-electron chi connectivity index (χ4n) is 1.86. The van der Waals surface area contributed by atoms with Crippen molar-refractivity contribution in [1.82, 2.24) is 4.98 Å². The number of benzene rings is 1. The van der Waals surface area contributed by atoms with Gasteiger partial charge in [0.05, 0.1) is 5.52 Å². The van der Waals surface area contributed by atoms with Crippen molar-refractivity contribution in [2.75, 3.05) is 0 Å². The fourth-order valence-corrected chi connectivity index (χ4v) is 1.86. The SMILES string of the molecule is Cc1cc(C)c2ccc(/C=C/C(=O)O)cc2n1. The summed E-state index contributed by atoms with van der Waals surface area (Å²) in [5.41, 5.74) is 3.89. The Morgan fingerprint density at radius 2 is 2.06 bits per heavy atom. The van der Waals surface area contributed by atoms with Crippen molar-refractivity contribution in [3.63, 3.8) is 0 Å². The summed E-state index contributed by atoms with van der Waals surface area (Å²) in [4.78, 5) is 14.9. The van der Waals surface area contributed by atoms with E-state index in [4.69, 9.17) is 5.11 Å². The molecule has 0 fully saturated rings. The van der Waals surface area contributed by atoms with E-state index in [-0.39, 0.29) is 0 Å². The molecule has 86 valence electrons. The number of aryl methyl sites for hydroxylation is 2. The summed E-state index contributed by atoms with van der Waals surface area (Å²) in [6.45, 7) is 4.00. The number of rotatable bonds is 2. The zero-order valence-corrected chi connectivity index (χ0v) is 9.77. The zero-order chi connectivity index (χ0) is 12.4. The minimum atomic E-state index is -0.946. The molecule has 0 bridgehead atoms. The molecule has 1 heterocycles. The van der Waals surface area contributed by atoms with Gasteiger partial charge in [0.25, 0.3) is 0 Å². The van der Waals surface area contributed by atoms with Crippen LogP contribution in [0.5, 0.6) is 0 Å². The predicted molar refractivity (Wildman–Crippen MR) is 67.9 cm³/mol. The highest BCUT2D eigenvalue weighted by Gasteiger charge is 2.00. The highest BCUT2D eigenvalue weighted by Crippen LogP contribution is 2.19. The Morgan fingerprint density at radius 1 is 1.29 bits per heavy atom. The fraction of sp³-hybridized carbons (Fsp3) is 0.143. The molecule has 0 saturated carbocycles. The van der Waals surface area contributed by atoms with Crippen molar-refractivity contribution in [3.8, 4) is 0 Å². The standard InChI is InChI=1S/C14H13NO2/c1-9-7-10(2)15-13-8-11(3-5-12(9)13)4-6-14(16)17/h3-8H,1-2H3,(H,16,17)/b6-4+. The Labute approximate surface area is 99.4 Å². The normalized spacial score (nSPS) is 11.2. The molecule has 0 aliphatic rings. The molecule has 0 aliphatic heterocycles. The number of hydrogen-bond acceptors (Lipinski definition) is 2. The second-order valence-corrected chi connectivity index (χ2v) is 4.03. The Bertz CT molecular complexity index is 615. The second kappa shape index (κ2) is 4.37. The van der Waals surface area contributed by atoms with E-state index in [1.165, 1.54) is 5.56 Å². The molecule has 0 atom stereocenters. The summed E-state index contributed by atoms with van der Waals surface area (Å²) in [6.07, 6.45) is 2.70. The van der Waals surface area contributed by atoms with Gasteiger partial charge in [-0.25, -0.2) is 4.79 Å². The molecule has 3 heteroatoms. The summed E-state index contributed by atoms with van der Waals surface area (Å²) in [5, 5.41) is 9.67. The molecule has 1 aromatic heterocycles. The maximum Gasteiger partial charge on any atom is 0.328 e. The van der Waals surface area contributed by atoms with Gasteiger partial charge in [0.15, 0.2) is 0 Å². The Kier molecular flexibility index (Phi) is 2.91. The number of carboxylic acids is 1. The van der Waals surface area contributed by atoms with Gasteiger partial charge >= 0.3 is 5.97 Å². The lowest BCUT2D eigenvalue weighted by Crippen LogP contribution is -1.89. The molecule has 0 radical (unpaired) electrons. The molecule has 0 spiro atoms. The topological polar surface area (TPSA) is 50.2 Å². The Hall–Kier alpha value is -2.16. The maximum atomic E-state index is 10.4. The van der Waals surface area contributed by atoms with Crippen molar-refractivity contribution in [2.24, 2.45) is 0 Å². The molecular weight excluding hydrogens is 214 g/mol. The molecule has 1 aromatic carbocycles. The van der Waals surface area contributed by atoms with Gasteiger partial charge in [-0.1, -0.05) is 12.1 Å². The van der Waals surface area contributed by atoms with Crippen LogP contribution in [0.25, 0.3) is 17.0 Å². The van der Waals surface area contributed by atoms with E-state index >= 15 is 0 Å². The summed E-state index contributed by atoms with van der Waals surface area (Å²) in [6, 6.07) is 7.80. The number of carbonyl (C=O) groups is 1. The van der Waals surface area contributed by atoms with Crippen molar-refractivity contribution >= 4 is 22.9 Å².